The Morgan fingerprint density at radius 2 is 2.06 bits per heavy atom. The van der Waals surface area contributed by atoms with E-state index in [0.29, 0.717) is 0 Å². The number of nitrogens with one attached hydrogen (secondary N) is 1. The quantitative estimate of drug-likeness (QED) is 0.674. The van der Waals surface area contributed by atoms with E-state index in [1.165, 1.54) is 12.1 Å². The van der Waals surface area contributed by atoms with Crippen molar-refractivity contribution in [3.8, 4) is 0 Å². The third-order valence-electron chi connectivity index (χ3n) is 1.87. The topological polar surface area (TPSA) is 85.1 Å². The Morgan fingerprint density at radius 1 is 1.28 bits per heavy atom. The first kappa shape index (κ1) is 12.5. The van der Waals surface area contributed by atoms with Gasteiger partial charge in [0.15, 0.2) is 0 Å². The van der Waals surface area contributed by atoms with Crippen LogP contribution in [0.1, 0.15) is 10.4 Å². The van der Waals surface area contributed by atoms with Gasteiger partial charge in [0.2, 0.25) is 5.28 Å². The molecule has 0 aliphatic heterocycles. The summed E-state index contributed by atoms with van der Waals surface area (Å²) in [6.07, 6.45) is 1.04. The first-order chi connectivity index (χ1) is 8.54. The lowest BCUT2D eigenvalue weighted by Gasteiger charge is -2.03. The minimum atomic E-state index is -0.542. The number of amides is 1. The Hall–Kier alpha value is -1.92. The van der Waals surface area contributed by atoms with Crippen LogP contribution in [0.5, 0.6) is 0 Å². The molecule has 0 spiro atoms. The Kier molecular flexibility index (Phi) is 3.59. The second kappa shape index (κ2) is 5.16. The predicted octanol–water partition coefficient (Wildman–Crippen LogP) is 1.99. The molecule has 0 aromatic carbocycles. The summed E-state index contributed by atoms with van der Waals surface area (Å²) in [6, 6.07) is 3.80. The zero-order valence-electron chi connectivity index (χ0n) is 8.68. The Balaban J connectivity index is 2.21. The minimum absolute atomic E-state index is 0.0857. The number of carbonyl (C=O) groups excluding carboxylic acids is 1. The molecule has 92 valence electrons. The summed E-state index contributed by atoms with van der Waals surface area (Å²) in [7, 11) is 0. The van der Waals surface area contributed by atoms with Crippen molar-refractivity contribution in [2.45, 2.75) is 0 Å². The summed E-state index contributed by atoms with van der Waals surface area (Å²) in [5.74, 6) is -0.360. The van der Waals surface area contributed by atoms with Crippen LogP contribution in [0.3, 0.4) is 0 Å². The largest absolute Gasteiger partial charge is 0.430 e. The summed E-state index contributed by atoms with van der Waals surface area (Å²) in [6.45, 7) is 0. The van der Waals surface area contributed by atoms with Gasteiger partial charge in [-0.2, -0.15) is 0 Å². The Labute approximate surface area is 111 Å². The van der Waals surface area contributed by atoms with E-state index in [0.717, 1.165) is 12.3 Å². The second-order valence-electron chi connectivity index (χ2n) is 3.14. The highest BCUT2D eigenvalue weighted by molar-refractivity contribution is 6.32. The molecule has 0 saturated carbocycles. The van der Waals surface area contributed by atoms with Crippen LogP contribution in [0.4, 0.5) is 5.82 Å². The highest BCUT2D eigenvalue weighted by Crippen LogP contribution is 2.15. The van der Waals surface area contributed by atoms with Crippen molar-refractivity contribution in [2.24, 2.45) is 0 Å². The van der Waals surface area contributed by atoms with Gasteiger partial charge in [-0.15, -0.1) is 0 Å². The van der Waals surface area contributed by atoms with E-state index in [2.05, 4.69) is 19.7 Å². The molecule has 1 amide bonds. The third kappa shape index (κ3) is 3.06. The molecule has 0 radical (unpaired) electrons. The molecule has 18 heavy (non-hydrogen) atoms. The van der Waals surface area contributed by atoms with Crippen LogP contribution in [-0.2, 0) is 0 Å². The van der Waals surface area contributed by atoms with E-state index >= 15 is 0 Å². The molecule has 2 aromatic rings. The van der Waals surface area contributed by atoms with Crippen LogP contribution in [0, 0.1) is 0 Å². The maximum atomic E-state index is 11.7. The SMILES string of the molecule is O=C(Nc1cc(Cl)nc(Cl)n1)c1ccc(=O)oc1. The maximum Gasteiger partial charge on any atom is 0.335 e. The highest BCUT2D eigenvalue weighted by Gasteiger charge is 2.09. The lowest BCUT2D eigenvalue weighted by Crippen LogP contribution is -2.14. The van der Waals surface area contributed by atoms with Gasteiger partial charge in [0, 0.05) is 12.1 Å². The minimum Gasteiger partial charge on any atom is -0.430 e. The first-order valence-electron chi connectivity index (χ1n) is 4.65. The fraction of sp³-hybridized carbons (Fsp3) is 0. The van der Waals surface area contributed by atoms with E-state index in [4.69, 9.17) is 23.2 Å². The molecule has 8 heteroatoms. The number of aromatic nitrogens is 2. The van der Waals surface area contributed by atoms with Gasteiger partial charge in [0.25, 0.3) is 5.91 Å². The van der Waals surface area contributed by atoms with E-state index in [1.54, 1.807) is 0 Å². The van der Waals surface area contributed by atoms with Crippen molar-refractivity contribution in [1.29, 1.82) is 0 Å². The van der Waals surface area contributed by atoms with Crippen molar-refractivity contribution in [1.82, 2.24) is 9.97 Å². The third-order valence-corrected chi connectivity index (χ3v) is 2.24. The smallest absolute Gasteiger partial charge is 0.335 e. The number of hydrogen-bond donors (Lipinski definition) is 1. The van der Waals surface area contributed by atoms with Crippen LogP contribution >= 0.6 is 23.2 Å². The summed E-state index contributed by atoms with van der Waals surface area (Å²) in [5, 5.41) is 2.45. The summed E-state index contributed by atoms with van der Waals surface area (Å²) in [5.41, 5.74) is -0.375. The molecule has 0 unspecified atom stereocenters. The van der Waals surface area contributed by atoms with Crippen LogP contribution in [-0.4, -0.2) is 15.9 Å². The molecular weight excluding hydrogens is 281 g/mol. The molecular formula is C10H5Cl2N3O3. The maximum absolute atomic E-state index is 11.7. The predicted molar refractivity (Wildman–Crippen MR) is 65.0 cm³/mol. The molecule has 0 aliphatic carbocycles. The van der Waals surface area contributed by atoms with Crippen molar-refractivity contribution >= 4 is 34.9 Å². The van der Waals surface area contributed by atoms with Crippen molar-refractivity contribution < 1.29 is 9.21 Å². The van der Waals surface area contributed by atoms with Gasteiger partial charge >= 0.3 is 5.63 Å². The Bertz CT molecular complexity index is 616. The van der Waals surface area contributed by atoms with Gasteiger partial charge in [-0.05, 0) is 17.7 Å². The van der Waals surface area contributed by atoms with Crippen LogP contribution in [0.15, 0.2) is 33.7 Å². The van der Waals surface area contributed by atoms with Gasteiger partial charge in [-0.25, -0.2) is 14.8 Å². The van der Waals surface area contributed by atoms with Gasteiger partial charge in [0.1, 0.15) is 17.2 Å². The van der Waals surface area contributed by atoms with E-state index in [1.807, 2.05) is 0 Å². The number of carbonyl (C=O) groups is 1. The van der Waals surface area contributed by atoms with Gasteiger partial charge < -0.3 is 9.73 Å². The first-order valence-corrected chi connectivity index (χ1v) is 5.40. The molecule has 0 bridgehead atoms. The lowest BCUT2D eigenvalue weighted by atomic mass is 10.3. The fourth-order valence-corrected chi connectivity index (χ4v) is 1.54. The second-order valence-corrected chi connectivity index (χ2v) is 3.87. The number of nitrogens with zero attached hydrogens (tertiary/aromatic N) is 2. The average Bonchev–Trinajstić information content (AvgIpc) is 2.28. The molecule has 2 rings (SSSR count). The van der Waals surface area contributed by atoms with Gasteiger partial charge in [-0.3, -0.25) is 4.79 Å². The van der Waals surface area contributed by atoms with Crippen LogP contribution in [0.25, 0.3) is 0 Å². The zero-order valence-corrected chi connectivity index (χ0v) is 10.2. The van der Waals surface area contributed by atoms with E-state index in [-0.39, 0.29) is 21.8 Å². The molecule has 0 fully saturated rings. The molecule has 0 atom stereocenters. The summed E-state index contributed by atoms with van der Waals surface area (Å²) in [4.78, 5) is 29.9. The number of anilines is 1. The molecule has 0 aliphatic rings. The summed E-state index contributed by atoms with van der Waals surface area (Å²) < 4.78 is 4.56. The average molecular weight is 286 g/mol. The van der Waals surface area contributed by atoms with Gasteiger partial charge in [-0.1, -0.05) is 11.6 Å². The molecule has 6 nitrogen and oxygen atoms in total. The number of rotatable bonds is 2. The molecule has 2 aromatic heterocycles. The van der Waals surface area contributed by atoms with E-state index < -0.39 is 11.5 Å². The standard InChI is InChI=1S/C10H5Cl2N3O3/c11-6-3-7(15-10(12)13-6)14-9(17)5-1-2-8(16)18-4-5/h1-4H,(H,13,14,15,17). The highest BCUT2D eigenvalue weighted by atomic mass is 35.5. The van der Waals surface area contributed by atoms with Crippen LogP contribution < -0.4 is 10.9 Å². The van der Waals surface area contributed by atoms with Crippen LogP contribution in [0.2, 0.25) is 10.4 Å². The number of halogens is 2. The monoisotopic (exact) mass is 285 g/mol. The van der Waals surface area contributed by atoms with E-state index in [9.17, 15) is 9.59 Å². The van der Waals surface area contributed by atoms with Gasteiger partial charge in [0.05, 0.1) is 5.56 Å². The summed E-state index contributed by atoms with van der Waals surface area (Å²) >= 11 is 11.2. The number of hydrogen-bond acceptors (Lipinski definition) is 5. The zero-order chi connectivity index (χ0) is 13.1. The molecule has 2 heterocycles. The van der Waals surface area contributed by atoms with Crippen molar-refractivity contribution in [3.63, 3.8) is 0 Å². The normalized spacial score (nSPS) is 10.1. The Morgan fingerprint density at radius 3 is 2.67 bits per heavy atom. The lowest BCUT2D eigenvalue weighted by molar-refractivity contribution is 0.102. The van der Waals surface area contributed by atoms with Crippen molar-refractivity contribution in [3.05, 3.63) is 50.9 Å². The molecule has 1 N–H and O–H groups in total. The molecule has 0 saturated heterocycles. The fourth-order valence-electron chi connectivity index (χ4n) is 1.13. The van der Waals surface area contributed by atoms with Crippen molar-refractivity contribution in [2.75, 3.05) is 5.32 Å².